The molecule has 0 radical (unpaired) electrons. The first kappa shape index (κ1) is 14.8. The van der Waals surface area contributed by atoms with E-state index in [1.54, 1.807) is 12.4 Å². The lowest BCUT2D eigenvalue weighted by Crippen LogP contribution is -2.33. The highest BCUT2D eigenvalue weighted by Gasteiger charge is 2.29. The third kappa shape index (κ3) is 2.54. The Balaban J connectivity index is 1.85. The summed E-state index contributed by atoms with van der Waals surface area (Å²) < 4.78 is 20.4. The molecule has 0 atom stereocenters. The van der Waals surface area contributed by atoms with E-state index in [4.69, 9.17) is 16.3 Å². The fourth-order valence-electron chi connectivity index (χ4n) is 2.74. The minimum absolute atomic E-state index is 0.0447. The van der Waals surface area contributed by atoms with E-state index in [1.807, 2.05) is 17.0 Å². The van der Waals surface area contributed by atoms with Crippen LogP contribution in [0.4, 0.5) is 10.1 Å². The molecule has 0 aliphatic carbocycles. The lowest BCUT2D eigenvalue weighted by atomic mass is 10.1. The molecule has 2 aromatic heterocycles. The third-order valence-electron chi connectivity index (χ3n) is 3.76. The fraction of sp³-hybridized carbons (Fsp3) is 0.200. The molecule has 24 heavy (non-hydrogen) atoms. The highest BCUT2D eigenvalue weighted by molar-refractivity contribution is 6.31. The number of nitrogens with one attached hydrogen (secondary N) is 1. The Morgan fingerprint density at radius 2 is 2.33 bits per heavy atom. The van der Waals surface area contributed by atoms with Crippen molar-refractivity contribution in [2.75, 3.05) is 18.1 Å². The van der Waals surface area contributed by atoms with Crippen LogP contribution >= 0.6 is 11.6 Å². The number of pyridine rings is 1. The van der Waals surface area contributed by atoms with Crippen LogP contribution in [0, 0.1) is 5.82 Å². The largest absolute Gasteiger partial charge is 0.489 e. The number of aromatic nitrogens is 5. The fourth-order valence-corrected chi connectivity index (χ4v) is 2.93. The van der Waals surface area contributed by atoms with Gasteiger partial charge in [0.15, 0.2) is 5.82 Å². The Kier molecular flexibility index (Phi) is 3.73. The van der Waals surface area contributed by atoms with Crippen molar-refractivity contribution in [1.82, 2.24) is 25.6 Å². The number of halogens is 2. The number of fused-ring (bicyclic) bond motifs is 1. The summed E-state index contributed by atoms with van der Waals surface area (Å²) in [4.78, 5) is 6.12. The van der Waals surface area contributed by atoms with Gasteiger partial charge in [0.25, 0.3) is 0 Å². The SMILES string of the molecule is Fc1c(Cl)cc2c(c1-c1nn[nH]n1)N(Cc1cccnc1)CCO2. The van der Waals surface area contributed by atoms with Crippen molar-refractivity contribution in [3.8, 4) is 17.1 Å². The highest BCUT2D eigenvalue weighted by Crippen LogP contribution is 2.44. The molecule has 122 valence electrons. The molecule has 4 rings (SSSR count). The van der Waals surface area contributed by atoms with Gasteiger partial charge in [0, 0.05) is 25.0 Å². The van der Waals surface area contributed by atoms with E-state index in [-0.39, 0.29) is 16.4 Å². The van der Waals surface area contributed by atoms with E-state index >= 15 is 0 Å². The van der Waals surface area contributed by atoms with Crippen LogP contribution in [0.15, 0.2) is 30.6 Å². The van der Waals surface area contributed by atoms with Gasteiger partial charge in [-0.1, -0.05) is 17.7 Å². The Hall–Kier alpha value is -2.74. The number of nitrogens with zero attached hydrogens (tertiary/aromatic N) is 5. The van der Waals surface area contributed by atoms with Gasteiger partial charge in [0.1, 0.15) is 12.4 Å². The van der Waals surface area contributed by atoms with Gasteiger partial charge in [-0.2, -0.15) is 5.21 Å². The maximum Gasteiger partial charge on any atom is 0.209 e. The van der Waals surface area contributed by atoms with E-state index in [0.717, 1.165) is 5.56 Å². The first-order valence-electron chi connectivity index (χ1n) is 7.26. The van der Waals surface area contributed by atoms with Gasteiger partial charge in [0.2, 0.25) is 5.82 Å². The van der Waals surface area contributed by atoms with Crippen molar-refractivity contribution in [3.05, 3.63) is 47.0 Å². The summed E-state index contributed by atoms with van der Waals surface area (Å²) in [5.74, 6) is 0.0304. The number of aromatic amines is 1. The van der Waals surface area contributed by atoms with Crippen LogP contribution in [0.3, 0.4) is 0 Å². The van der Waals surface area contributed by atoms with Crippen molar-refractivity contribution in [2.45, 2.75) is 6.54 Å². The summed E-state index contributed by atoms with van der Waals surface area (Å²) in [6, 6.07) is 5.30. The van der Waals surface area contributed by atoms with Gasteiger partial charge in [0.05, 0.1) is 22.8 Å². The molecule has 1 aliphatic rings. The van der Waals surface area contributed by atoms with Crippen LogP contribution in [0.1, 0.15) is 5.56 Å². The molecule has 3 aromatic rings. The topological polar surface area (TPSA) is 79.8 Å². The highest BCUT2D eigenvalue weighted by atomic mass is 35.5. The van der Waals surface area contributed by atoms with Crippen molar-refractivity contribution in [2.24, 2.45) is 0 Å². The van der Waals surface area contributed by atoms with E-state index in [0.29, 0.717) is 31.1 Å². The first-order valence-corrected chi connectivity index (χ1v) is 7.64. The van der Waals surface area contributed by atoms with E-state index in [2.05, 4.69) is 25.6 Å². The quantitative estimate of drug-likeness (QED) is 0.784. The number of H-pyrrole nitrogens is 1. The number of tetrazole rings is 1. The summed E-state index contributed by atoms with van der Waals surface area (Å²) in [7, 11) is 0. The van der Waals surface area contributed by atoms with Crippen molar-refractivity contribution >= 4 is 17.3 Å². The molecule has 3 heterocycles. The molecule has 0 amide bonds. The lowest BCUT2D eigenvalue weighted by molar-refractivity contribution is 0.306. The van der Waals surface area contributed by atoms with Crippen LogP contribution in [0.2, 0.25) is 5.02 Å². The molecule has 0 bridgehead atoms. The van der Waals surface area contributed by atoms with Crippen LogP contribution in [-0.4, -0.2) is 38.8 Å². The number of hydrogen-bond donors (Lipinski definition) is 1. The van der Waals surface area contributed by atoms with Crippen molar-refractivity contribution in [1.29, 1.82) is 0 Å². The number of ether oxygens (including phenoxy) is 1. The Morgan fingerprint density at radius 1 is 1.42 bits per heavy atom. The first-order chi connectivity index (χ1) is 11.7. The van der Waals surface area contributed by atoms with Gasteiger partial charge < -0.3 is 9.64 Å². The van der Waals surface area contributed by atoms with Gasteiger partial charge in [-0.3, -0.25) is 4.98 Å². The maximum atomic E-state index is 14.7. The average molecular weight is 347 g/mol. The summed E-state index contributed by atoms with van der Waals surface area (Å²) in [5, 5.41) is 13.6. The van der Waals surface area contributed by atoms with Crippen molar-refractivity contribution in [3.63, 3.8) is 0 Å². The Morgan fingerprint density at radius 3 is 3.08 bits per heavy atom. The summed E-state index contributed by atoms with van der Waals surface area (Å²) in [5.41, 5.74) is 1.74. The smallest absolute Gasteiger partial charge is 0.209 e. The van der Waals surface area contributed by atoms with E-state index < -0.39 is 5.82 Å². The maximum absolute atomic E-state index is 14.7. The normalized spacial score (nSPS) is 13.5. The molecular formula is C15H12ClFN6O. The standard InChI is InChI=1S/C15H12ClFN6O/c16-10-6-11-14(12(13(10)17)15-19-21-22-20-15)23(4-5-24-11)8-9-2-1-3-18-7-9/h1-3,6-7H,4-5,8H2,(H,19,20,21,22). The second-order valence-electron chi connectivity index (χ2n) is 5.26. The molecule has 0 saturated heterocycles. The zero-order valence-corrected chi connectivity index (χ0v) is 13.2. The molecule has 0 unspecified atom stereocenters. The van der Waals surface area contributed by atoms with Gasteiger partial charge >= 0.3 is 0 Å². The Bertz CT molecular complexity index is 858. The summed E-state index contributed by atoms with van der Waals surface area (Å²) in [6.45, 7) is 1.62. The van der Waals surface area contributed by atoms with Crippen molar-refractivity contribution < 1.29 is 9.13 Å². The van der Waals surface area contributed by atoms with E-state index in [1.165, 1.54) is 6.07 Å². The van der Waals surface area contributed by atoms with Gasteiger partial charge in [-0.25, -0.2) is 4.39 Å². The molecule has 0 fully saturated rings. The number of hydrogen-bond acceptors (Lipinski definition) is 6. The summed E-state index contributed by atoms with van der Waals surface area (Å²) >= 11 is 6.01. The number of rotatable bonds is 3. The molecule has 0 saturated carbocycles. The number of anilines is 1. The molecule has 7 nitrogen and oxygen atoms in total. The molecular weight excluding hydrogens is 335 g/mol. The molecule has 1 aliphatic heterocycles. The van der Waals surface area contributed by atoms with Gasteiger partial charge in [-0.15, -0.1) is 10.2 Å². The zero-order chi connectivity index (χ0) is 16.5. The number of benzene rings is 1. The monoisotopic (exact) mass is 346 g/mol. The summed E-state index contributed by atoms with van der Waals surface area (Å²) in [6.07, 6.45) is 3.48. The van der Waals surface area contributed by atoms with Crippen LogP contribution in [0.5, 0.6) is 5.75 Å². The zero-order valence-electron chi connectivity index (χ0n) is 12.4. The predicted molar refractivity (Wildman–Crippen MR) is 85.4 cm³/mol. The molecule has 1 aromatic carbocycles. The van der Waals surface area contributed by atoms with E-state index in [9.17, 15) is 4.39 Å². The van der Waals surface area contributed by atoms with Gasteiger partial charge in [-0.05, 0) is 16.8 Å². The van der Waals surface area contributed by atoms with Crippen LogP contribution in [0.25, 0.3) is 11.4 Å². The minimum atomic E-state index is -0.599. The van der Waals surface area contributed by atoms with Crippen LogP contribution in [-0.2, 0) is 6.54 Å². The molecule has 1 N–H and O–H groups in total. The lowest BCUT2D eigenvalue weighted by Gasteiger charge is -2.33. The third-order valence-corrected chi connectivity index (χ3v) is 4.03. The molecule has 9 heteroatoms. The minimum Gasteiger partial charge on any atom is -0.489 e. The van der Waals surface area contributed by atoms with Crippen LogP contribution < -0.4 is 9.64 Å². The second-order valence-corrected chi connectivity index (χ2v) is 5.67. The second kappa shape index (κ2) is 6.04. The Labute approximate surface area is 141 Å². The average Bonchev–Trinajstić information content (AvgIpc) is 3.12. The predicted octanol–water partition coefficient (Wildman–Crippen LogP) is 2.45. The molecule has 0 spiro atoms.